The van der Waals surface area contributed by atoms with Gasteiger partial charge in [0.05, 0.1) is 66.1 Å². The van der Waals surface area contributed by atoms with Gasteiger partial charge in [0.25, 0.3) is 0 Å². The second kappa shape index (κ2) is 42.1. The average Bonchev–Trinajstić information content (AvgIpc) is 2.88. The van der Waals surface area contributed by atoms with E-state index in [2.05, 4.69) is 18.9 Å². The van der Waals surface area contributed by atoms with Crippen molar-refractivity contribution < 1.29 is 81.0 Å². The predicted octanol–water partition coefficient (Wildman–Crippen LogP) is 2.39. The fourth-order valence-corrected chi connectivity index (χ4v) is 1.90. The summed E-state index contributed by atoms with van der Waals surface area (Å²) in [6.07, 6.45) is 0.500. The Morgan fingerprint density at radius 3 is 0.585 bits per heavy atom. The molecular formula is C20H28Cl4O17. The minimum Gasteiger partial charge on any atom is -0.451 e. The van der Waals surface area contributed by atoms with E-state index in [9.17, 15) is 19.2 Å². The van der Waals surface area contributed by atoms with E-state index in [1.807, 2.05) is 0 Å². The molecule has 0 spiro atoms. The van der Waals surface area contributed by atoms with Gasteiger partial charge in [0.1, 0.15) is 26.4 Å². The van der Waals surface area contributed by atoms with E-state index in [0.717, 1.165) is 0 Å². The van der Waals surface area contributed by atoms with E-state index < -0.39 is 21.7 Å². The molecular weight excluding hydrogens is 654 g/mol. The van der Waals surface area contributed by atoms with Crippen molar-refractivity contribution in [1.82, 2.24) is 0 Å². The van der Waals surface area contributed by atoms with Crippen molar-refractivity contribution in [2.45, 2.75) is 0 Å². The number of ether oxygens (including phenoxy) is 9. The van der Waals surface area contributed by atoms with Crippen molar-refractivity contribution in [3.63, 3.8) is 0 Å². The molecule has 238 valence electrons. The molecule has 0 heterocycles. The van der Waals surface area contributed by atoms with Crippen molar-refractivity contribution in [1.29, 1.82) is 0 Å². The molecule has 0 N–H and O–H groups in total. The van der Waals surface area contributed by atoms with Crippen LogP contribution in [0.15, 0.2) is 0 Å². The zero-order valence-electron chi connectivity index (χ0n) is 21.4. The zero-order chi connectivity index (χ0) is 32.0. The van der Waals surface area contributed by atoms with Crippen molar-refractivity contribution in [2.24, 2.45) is 0 Å². The van der Waals surface area contributed by atoms with Crippen LogP contribution < -0.4 is 0 Å². The molecule has 0 aliphatic heterocycles. The van der Waals surface area contributed by atoms with Gasteiger partial charge in [0, 0.05) is 46.4 Å². The van der Waals surface area contributed by atoms with Crippen molar-refractivity contribution in [2.75, 3.05) is 92.5 Å². The van der Waals surface area contributed by atoms with Crippen LogP contribution in [0.25, 0.3) is 0 Å². The number of hydrogen-bond donors (Lipinski definition) is 0. The van der Waals surface area contributed by atoms with Gasteiger partial charge in [-0.15, -0.1) is 0 Å². The normalized spacial score (nSPS) is 8.98. The van der Waals surface area contributed by atoms with E-state index in [-0.39, 0.29) is 65.2 Å². The van der Waals surface area contributed by atoms with E-state index in [0.29, 0.717) is 39.6 Å². The van der Waals surface area contributed by atoms with Gasteiger partial charge < -0.3 is 42.6 Å². The molecule has 0 aromatic carbocycles. The molecule has 41 heavy (non-hydrogen) atoms. The van der Waals surface area contributed by atoms with Crippen LogP contribution in [-0.2, 0) is 61.8 Å². The lowest BCUT2D eigenvalue weighted by Gasteiger charge is -2.06. The summed E-state index contributed by atoms with van der Waals surface area (Å²) in [5.41, 5.74) is -3.42. The van der Waals surface area contributed by atoms with Crippen LogP contribution in [0.3, 0.4) is 0 Å². The molecule has 0 bridgehead atoms. The summed E-state index contributed by atoms with van der Waals surface area (Å²) in [4.78, 5) is 73.1. The molecule has 0 aromatic heterocycles. The molecule has 0 fully saturated rings. The Morgan fingerprint density at radius 1 is 0.341 bits per heavy atom. The Kier molecular flexibility index (Phi) is 46.8. The van der Waals surface area contributed by atoms with Crippen LogP contribution in [0, 0.1) is 0 Å². The van der Waals surface area contributed by atoms with Crippen LogP contribution in [0.1, 0.15) is 0 Å². The van der Waals surface area contributed by atoms with Crippen molar-refractivity contribution in [3.8, 4) is 0 Å². The van der Waals surface area contributed by atoms with Gasteiger partial charge in [-0.05, 0) is 0 Å². The lowest BCUT2D eigenvalue weighted by Crippen LogP contribution is -2.13. The summed E-state index contributed by atoms with van der Waals surface area (Å²) >= 11 is 19.7. The fraction of sp³-hybridized carbons (Fsp3) is 0.700. The Hall–Kier alpha value is -2.40. The largest absolute Gasteiger partial charge is 0.451 e. The topological polar surface area (TPSA) is 220 Å². The molecule has 17 nitrogen and oxygen atoms in total. The van der Waals surface area contributed by atoms with Crippen molar-refractivity contribution >= 4 is 80.4 Å². The Bertz CT molecular complexity index is 656. The van der Waals surface area contributed by atoms with E-state index >= 15 is 0 Å². The highest BCUT2D eigenvalue weighted by atomic mass is 35.5. The number of carbonyl (C=O) groups excluding carboxylic acids is 8. The summed E-state index contributed by atoms with van der Waals surface area (Å²) < 4.78 is 43.0. The third kappa shape index (κ3) is 67.3. The maximum absolute atomic E-state index is 10.2. The molecule has 0 radical (unpaired) electrons. The SMILES string of the molecule is O=C(Cl)OCCOCCOCCOC(=O)Cl.O=C(Cl)OCCOCCOCCOCCOC(=O)Cl.O=C=O.O=C=O. The first kappa shape index (κ1) is 45.6. The zero-order valence-corrected chi connectivity index (χ0v) is 24.4. The average molecular weight is 682 g/mol. The first-order chi connectivity index (χ1) is 19.6. The maximum Gasteiger partial charge on any atom is 0.403 e. The summed E-state index contributed by atoms with van der Waals surface area (Å²) in [6, 6.07) is 0. The van der Waals surface area contributed by atoms with Gasteiger partial charge in [0.2, 0.25) is 0 Å². The molecule has 0 saturated heterocycles. The van der Waals surface area contributed by atoms with Crippen LogP contribution in [0.5, 0.6) is 0 Å². The van der Waals surface area contributed by atoms with Gasteiger partial charge in [-0.2, -0.15) is 19.2 Å². The van der Waals surface area contributed by atoms with E-state index in [1.165, 1.54) is 0 Å². The third-order valence-electron chi connectivity index (χ3n) is 2.89. The molecule has 0 aliphatic carbocycles. The molecule has 0 amide bonds. The molecule has 21 heteroatoms. The summed E-state index contributed by atoms with van der Waals surface area (Å²) in [7, 11) is 0. The number of carbonyl (C=O) groups is 4. The Balaban J connectivity index is -0.000000282. The number of rotatable bonds is 21. The predicted molar refractivity (Wildman–Crippen MR) is 133 cm³/mol. The van der Waals surface area contributed by atoms with E-state index in [4.69, 9.17) is 89.3 Å². The van der Waals surface area contributed by atoms with Crippen LogP contribution in [-0.4, -0.2) is 127 Å². The fourth-order valence-electron chi connectivity index (χ4n) is 1.59. The monoisotopic (exact) mass is 680 g/mol. The number of hydrogen-bond acceptors (Lipinski definition) is 17. The van der Waals surface area contributed by atoms with Crippen LogP contribution in [0.4, 0.5) is 19.2 Å². The molecule has 0 atom stereocenters. The minimum atomic E-state index is -0.859. The molecule has 0 aromatic rings. The number of halogens is 4. The Morgan fingerprint density at radius 2 is 0.463 bits per heavy atom. The Labute approximate surface area is 253 Å². The summed E-state index contributed by atoms with van der Waals surface area (Å²) in [5, 5.41) is 0. The lowest BCUT2D eigenvalue weighted by molar-refractivity contribution is -0.193. The summed E-state index contributed by atoms with van der Waals surface area (Å²) in [6.45, 7) is 3.70. The van der Waals surface area contributed by atoms with E-state index in [1.54, 1.807) is 0 Å². The third-order valence-corrected chi connectivity index (χ3v) is 3.33. The van der Waals surface area contributed by atoms with Gasteiger partial charge in [-0.3, -0.25) is 0 Å². The van der Waals surface area contributed by atoms with Crippen LogP contribution in [0.2, 0.25) is 0 Å². The van der Waals surface area contributed by atoms with Gasteiger partial charge >= 0.3 is 34.0 Å². The van der Waals surface area contributed by atoms with Crippen molar-refractivity contribution in [3.05, 3.63) is 0 Å². The van der Waals surface area contributed by atoms with Gasteiger partial charge in [-0.1, -0.05) is 0 Å². The van der Waals surface area contributed by atoms with Crippen LogP contribution >= 0.6 is 46.4 Å². The molecule has 0 unspecified atom stereocenters. The smallest absolute Gasteiger partial charge is 0.403 e. The first-order valence-electron chi connectivity index (χ1n) is 10.7. The first-order valence-corrected chi connectivity index (χ1v) is 12.3. The minimum absolute atomic E-state index is 0.103. The summed E-state index contributed by atoms with van der Waals surface area (Å²) in [5.74, 6) is 0. The highest BCUT2D eigenvalue weighted by molar-refractivity contribution is 6.61. The van der Waals surface area contributed by atoms with Gasteiger partial charge in [-0.25, -0.2) is 19.2 Å². The highest BCUT2D eigenvalue weighted by Gasteiger charge is 1.98. The highest BCUT2D eigenvalue weighted by Crippen LogP contribution is 1.90. The molecule has 0 saturated carbocycles. The lowest BCUT2D eigenvalue weighted by atomic mass is 10.7. The maximum atomic E-state index is 10.2. The molecule has 0 rings (SSSR count). The second-order valence-electron chi connectivity index (χ2n) is 5.57. The quantitative estimate of drug-likeness (QED) is 0.0963. The molecule has 0 aliphatic rings. The van der Waals surface area contributed by atoms with Gasteiger partial charge in [0.15, 0.2) is 0 Å². The second-order valence-corrected chi connectivity index (χ2v) is 6.81. The standard InChI is InChI=1S/C10H16Cl2O7.C8H12Cl2O6.2CO2/c11-9(13)18-7-5-16-3-1-15-2-4-17-6-8-19-10(12)14;9-7(11)15-5-3-13-1-2-14-4-6-16-8(10)12;2*2-1-3/h1-8H2;1-6H2;;.